The summed E-state index contributed by atoms with van der Waals surface area (Å²) in [6, 6.07) is 17.9. The van der Waals surface area contributed by atoms with Crippen molar-refractivity contribution >= 4 is 27.4 Å². The molecule has 0 unspecified atom stereocenters. The smallest absolute Gasteiger partial charge is 0.322 e. The first kappa shape index (κ1) is 31.2. The number of nitrogens with one attached hydrogen (secondary N) is 2. The van der Waals surface area contributed by atoms with E-state index in [-0.39, 0.29) is 17.8 Å². The molecule has 0 radical (unpaired) electrons. The molecule has 226 valence electrons. The fraction of sp³-hybridized carbons (Fsp3) is 0.387. The quantitative estimate of drug-likeness (QED) is 0.270. The molecule has 4 rings (SSSR count). The molecule has 0 bridgehead atoms. The van der Waals surface area contributed by atoms with Gasteiger partial charge in [-0.3, -0.25) is 14.5 Å². The standard InChI is InChI=1S/C31H38F2N4O4S/c1-3-4-17-37(30-14-9-25(32)20-29(30)33)31(38)34-26-15-18-36(19-16-26)21-23-5-7-24(8-6-23)22-41-28-12-10-27(11-13-28)35-42(2,39)40/h5-14,20,26,35H,3-4,15-19,21-22H2,1-2H3,(H,34,38). The zero-order valence-electron chi connectivity index (χ0n) is 24.0. The first-order chi connectivity index (χ1) is 20.1. The first-order valence-electron chi connectivity index (χ1n) is 14.1. The Labute approximate surface area is 246 Å². The average Bonchev–Trinajstić information content (AvgIpc) is 2.95. The van der Waals surface area contributed by atoms with E-state index in [1.54, 1.807) is 24.3 Å². The highest BCUT2D eigenvalue weighted by atomic mass is 32.2. The van der Waals surface area contributed by atoms with Crippen LogP contribution in [0.5, 0.6) is 5.75 Å². The van der Waals surface area contributed by atoms with Crippen LogP contribution in [0.1, 0.15) is 43.7 Å². The van der Waals surface area contributed by atoms with Crippen molar-refractivity contribution in [2.45, 2.75) is 51.8 Å². The van der Waals surface area contributed by atoms with Gasteiger partial charge in [0.1, 0.15) is 24.0 Å². The molecule has 3 aromatic carbocycles. The normalized spacial score (nSPS) is 14.4. The molecule has 1 fully saturated rings. The van der Waals surface area contributed by atoms with E-state index in [1.807, 2.05) is 19.1 Å². The van der Waals surface area contributed by atoms with E-state index in [0.29, 0.717) is 31.0 Å². The number of anilines is 2. The van der Waals surface area contributed by atoms with Crippen molar-refractivity contribution in [3.8, 4) is 5.75 Å². The molecule has 0 spiro atoms. The van der Waals surface area contributed by atoms with E-state index in [2.05, 4.69) is 27.1 Å². The first-order valence-corrected chi connectivity index (χ1v) is 16.0. The van der Waals surface area contributed by atoms with Crippen LogP contribution in [-0.2, 0) is 23.2 Å². The number of likely N-dealkylation sites (tertiary alicyclic amines) is 1. The lowest BCUT2D eigenvalue weighted by molar-refractivity contribution is 0.188. The highest BCUT2D eigenvalue weighted by Gasteiger charge is 2.25. The molecule has 3 aromatic rings. The highest BCUT2D eigenvalue weighted by molar-refractivity contribution is 7.92. The molecule has 11 heteroatoms. The number of rotatable bonds is 12. The molecule has 2 amide bonds. The van der Waals surface area contributed by atoms with Crippen molar-refractivity contribution in [3.05, 3.63) is 89.5 Å². The van der Waals surface area contributed by atoms with Crippen molar-refractivity contribution in [2.75, 3.05) is 35.5 Å². The van der Waals surface area contributed by atoms with Crippen LogP contribution in [-0.4, -0.2) is 51.3 Å². The van der Waals surface area contributed by atoms with E-state index < -0.39 is 21.7 Å². The number of unbranched alkanes of at least 4 members (excludes halogenated alkanes) is 1. The summed E-state index contributed by atoms with van der Waals surface area (Å²) in [4.78, 5) is 16.8. The summed E-state index contributed by atoms with van der Waals surface area (Å²) in [6.45, 7) is 5.18. The van der Waals surface area contributed by atoms with Gasteiger partial charge in [0.05, 0.1) is 11.9 Å². The number of piperidine rings is 1. The number of nitrogens with zero attached hydrogens (tertiary/aromatic N) is 2. The minimum atomic E-state index is -3.32. The number of carbonyl (C=O) groups is 1. The van der Waals surface area contributed by atoms with Gasteiger partial charge in [-0.2, -0.15) is 0 Å². The number of carbonyl (C=O) groups excluding carboxylic acids is 1. The Balaban J connectivity index is 1.22. The number of amides is 2. The highest BCUT2D eigenvalue weighted by Crippen LogP contribution is 2.23. The number of benzene rings is 3. The third kappa shape index (κ3) is 9.42. The lowest BCUT2D eigenvalue weighted by Crippen LogP contribution is -2.49. The van der Waals surface area contributed by atoms with Crippen LogP contribution in [0.25, 0.3) is 0 Å². The monoisotopic (exact) mass is 600 g/mol. The van der Waals surface area contributed by atoms with Crippen molar-refractivity contribution in [1.82, 2.24) is 10.2 Å². The maximum absolute atomic E-state index is 14.4. The van der Waals surface area contributed by atoms with Gasteiger partial charge in [-0.25, -0.2) is 22.0 Å². The van der Waals surface area contributed by atoms with Crippen LogP contribution < -0.4 is 19.7 Å². The Kier molecular flexibility index (Phi) is 10.8. The second kappa shape index (κ2) is 14.5. The van der Waals surface area contributed by atoms with E-state index >= 15 is 0 Å². The van der Waals surface area contributed by atoms with Crippen LogP contribution in [0.3, 0.4) is 0 Å². The van der Waals surface area contributed by atoms with E-state index in [4.69, 9.17) is 4.74 Å². The summed E-state index contributed by atoms with van der Waals surface area (Å²) in [5.74, 6) is -0.771. The molecule has 0 aromatic heterocycles. The minimum absolute atomic E-state index is 0.0165. The predicted octanol–water partition coefficient (Wildman–Crippen LogP) is 5.90. The fourth-order valence-corrected chi connectivity index (χ4v) is 5.40. The Morgan fingerprint density at radius 1 is 1.00 bits per heavy atom. The van der Waals surface area contributed by atoms with Crippen LogP contribution in [0.2, 0.25) is 0 Å². The van der Waals surface area contributed by atoms with Gasteiger partial charge in [0.25, 0.3) is 0 Å². The fourth-order valence-electron chi connectivity index (χ4n) is 4.83. The Bertz CT molecular complexity index is 1430. The molecule has 8 nitrogen and oxygen atoms in total. The second-order valence-electron chi connectivity index (χ2n) is 10.6. The van der Waals surface area contributed by atoms with Crippen LogP contribution in [0.15, 0.2) is 66.7 Å². The van der Waals surface area contributed by atoms with Crippen molar-refractivity contribution in [3.63, 3.8) is 0 Å². The summed E-state index contributed by atoms with van der Waals surface area (Å²) < 4.78 is 58.8. The maximum Gasteiger partial charge on any atom is 0.322 e. The van der Waals surface area contributed by atoms with E-state index in [9.17, 15) is 22.0 Å². The summed E-state index contributed by atoms with van der Waals surface area (Å²) in [7, 11) is -3.32. The summed E-state index contributed by atoms with van der Waals surface area (Å²) in [5, 5.41) is 3.06. The van der Waals surface area contributed by atoms with E-state index in [0.717, 1.165) is 56.8 Å². The zero-order valence-corrected chi connectivity index (χ0v) is 24.8. The molecule has 1 saturated heterocycles. The van der Waals surface area contributed by atoms with Gasteiger partial charge in [0.2, 0.25) is 10.0 Å². The molecule has 0 saturated carbocycles. The van der Waals surface area contributed by atoms with Gasteiger partial charge in [-0.05, 0) is 66.8 Å². The number of hydrogen-bond donors (Lipinski definition) is 2. The third-order valence-electron chi connectivity index (χ3n) is 7.09. The van der Waals surface area contributed by atoms with Gasteiger partial charge in [-0.15, -0.1) is 0 Å². The summed E-state index contributed by atoms with van der Waals surface area (Å²) in [6.07, 6.45) is 4.23. The topological polar surface area (TPSA) is 91.0 Å². The number of halogens is 2. The number of ether oxygens (including phenoxy) is 1. The molecular formula is C31H38F2N4O4S. The molecule has 1 aliphatic heterocycles. The van der Waals surface area contributed by atoms with Gasteiger partial charge in [-0.1, -0.05) is 37.6 Å². The van der Waals surface area contributed by atoms with Crippen LogP contribution >= 0.6 is 0 Å². The van der Waals surface area contributed by atoms with Gasteiger partial charge >= 0.3 is 6.03 Å². The molecule has 42 heavy (non-hydrogen) atoms. The zero-order chi connectivity index (χ0) is 30.1. The van der Waals surface area contributed by atoms with Crippen LogP contribution in [0, 0.1) is 11.6 Å². The number of urea groups is 1. The summed E-state index contributed by atoms with van der Waals surface area (Å²) >= 11 is 0. The van der Waals surface area contributed by atoms with Crippen molar-refractivity contribution in [2.24, 2.45) is 0 Å². The third-order valence-corrected chi connectivity index (χ3v) is 7.69. The molecular weight excluding hydrogens is 562 g/mol. The Hall–Kier alpha value is -3.70. The second-order valence-corrected chi connectivity index (χ2v) is 12.4. The predicted molar refractivity (Wildman–Crippen MR) is 161 cm³/mol. The number of sulfonamides is 1. The van der Waals surface area contributed by atoms with Crippen molar-refractivity contribution < 1.29 is 26.7 Å². The lowest BCUT2D eigenvalue weighted by atomic mass is 10.0. The van der Waals surface area contributed by atoms with Gasteiger partial charge < -0.3 is 10.1 Å². The Morgan fingerprint density at radius 2 is 1.67 bits per heavy atom. The van der Waals surface area contributed by atoms with Gasteiger partial charge in [0.15, 0.2) is 0 Å². The average molecular weight is 601 g/mol. The van der Waals surface area contributed by atoms with Crippen molar-refractivity contribution in [1.29, 1.82) is 0 Å². The maximum atomic E-state index is 14.4. The number of hydrogen-bond acceptors (Lipinski definition) is 5. The van der Waals surface area contributed by atoms with E-state index in [1.165, 1.54) is 22.6 Å². The SMILES string of the molecule is CCCCN(C(=O)NC1CCN(Cc2ccc(COc3ccc(NS(C)(=O)=O)cc3)cc2)CC1)c1ccc(F)cc1F. The molecule has 0 atom stereocenters. The lowest BCUT2D eigenvalue weighted by Gasteiger charge is -2.34. The minimum Gasteiger partial charge on any atom is -0.489 e. The van der Waals surface area contributed by atoms with Crippen LogP contribution in [0.4, 0.5) is 25.0 Å². The molecule has 2 N–H and O–H groups in total. The largest absolute Gasteiger partial charge is 0.489 e. The summed E-state index contributed by atoms with van der Waals surface area (Å²) in [5.41, 5.74) is 2.77. The molecule has 1 heterocycles. The molecule has 1 aliphatic rings. The molecule has 0 aliphatic carbocycles. The van der Waals surface area contributed by atoms with Gasteiger partial charge in [0, 0.05) is 44.0 Å². The Morgan fingerprint density at radius 3 is 2.29 bits per heavy atom.